The van der Waals surface area contributed by atoms with Crippen molar-refractivity contribution in [1.29, 1.82) is 0 Å². The van der Waals surface area contributed by atoms with Crippen molar-refractivity contribution in [1.82, 2.24) is 0 Å². The average Bonchev–Trinajstić information content (AvgIpc) is 1.89. The topological polar surface area (TPSA) is 0 Å². The van der Waals surface area contributed by atoms with Crippen LogP contribution in [0.5, 0.6) is 0 Å². The van der Waals surface area contributed by atoms with Crippen molar-refractivity contribution in [2.45, 2.75) is 39.0 Å². The molecule has 0 aromatic heterocycles. The summed E-state index contributed by atoms with van der Waals surface area (Å²) in [6, 6.07) is 0. The van der Waals surface area contributed by atoms with Gasteiger partial charge in [0.05, 0.1) is 0 Å². The zero-order valence-corrected chi connectivity index (χ0v) is 8.36. The van der Waals surface area contributed by atoms with E-state index in [1.54, 1.807) is 0 Å². The van der Waals surface area contributed by atoms with Gasteiger partial charge in [0, 0.05) is 0 Å². The molecule has 0 spiro atoms. The van der Waals surface area contributed by atoms with Crippen LogP contribution >= 0.6 is 22.6 Å². The maximum atomic E-state index is 2.44. The number of unbranched alkanes of at least 4 members (excludes halogenated alkanes) is 5. The minimum atomic E-state index is 1.31. The lowest BCUT2D eigenvalue weighted by molar-refractivity contribution is 0.668. The van der Waals surface area contributed by atoms with Gasteiger partial charge >= 0.3 is 0 Å². The lowest BCUT2D eigenvalue weighted by atomic mass is 10.1. The Morgan fingerprint density at radius 1 is 1.11 bits per heavy atom. The van der Waals surface area contributed by atoms with Gasteiger partial charge in [-0.05, 0) is 17.3 Å². The van der Waals surface area contributed by atoms with Crippen molar-refractivity contribution in [2.75, 3.05) is 4.43 Å². The van der Waals surface area contributed by atoms with Crippen LogP contribution in [0.15, 0.2) is 0 Å². The monoisotopic (exact) mass is 239 g/mol. The molecule has 0 aliphatic rings. The van der Waals surface area contributed by atoms with Crippen LogP contribution in [-0.2, 0) is 0 Å². The Morgan fingerprint density at radius 3 is 2.33 bits per heavy atom. The van der Waals surface area contributed by atoms with Crippen LogP contribution in [0.1, 0.15) is 39.0 Å². The molecule has 0 heterocycles. The molecule has 0 N–H and O–H groups in total. The normalized spacial score (nSPS) is 10.0. The van der Waals surface area contributed by atoms with Gasteiger partial charge in [-0.15, -0.1) is 0 Å². The van der Waals surface area contributed by atoms with E-state index in [0.717, 1.165) is 0 Å². The third kappa shape index (κ3) is 8.73. The Balaban J connectivity index is 2.60. The van der Waals surface area contributed by atoms with E-state index >= 15 is 0 Å². The zero-order chi connectivity index (χ0) is 6.95. The van der Waals surface area contributed by atoms with Gasteiger partial charge in [-0.3, -0.25) is 0 Å². The summed E-state index contributed by atoms with van der Waals surface area (Å²) in [5.41, 5.74) is 0. The van der Waals surface area contributed by atoms with Gasteiger partial charge in [0.2, 0.25) is 0 Å². The van der Waals surface area contributed by atoms with Crippen LogP contribution < -0.4 is 0 Å². The van der Waals surface area contributed by atoms with E-state index in [0.29, 0.717) is 0 Å². The van der Waals surface area contributed by atoms with Gasteiger partial charge in [-0.2, -0.15) is 0 Å². The van der Waals surface area contributed by atoms with E-state index in [4.69, 9.17) is 0 Å². The van der Waals surface area contributed by atoms with Gasteiger partial charge in [0.15, 0.2) is 0 Å². The molecule has 0 aromatic carbocycles. The molecule has 55 valence electrons. The van der Waals surface area contributed by atoms with Crippen LogP contribution in [0.3, 0.4) is 0 Å². The zero-order valence-electron chi connectivity index (χ0n) is 6.20. The molecule has 0 bridgehead atoms. The summed E-state index contributed by atoms with van der Waals surface area (Å²) >= 11 is 2.44. The number of hydrogen-bond acceptors (Lipinski definition) is 0. The first kappa shape index (κ1) is 9.73. The van der Waals surface area contributed by atoms with Crippen molar-refractivity contribution < 1.29 is 0 Å². The molecule has 0 aliphatic heterocycles. The highest BCUT2D eigenvalue weighted by molar-refractivity contribution is 14.1. The first-order chi connectivity index (χ1) is 4.41. The summed E-state index contributed by atoms with van der Waals surface area (Å²) in [6.45, 7) is 2.14. The van der Waals surface area contributed by atoms with Gasteiger partial charge in [0.1, 0.15) is 0 Å². The van der Waals surface area contributed by atoms with E-state index in [1.807, 2.05) is 0 Å². The molecule has 0 saturated carbocycles. The van der Waals surface area contributed by atoms with E-state index in [2.05, 4.69) is 35.9 Å². The number of halogens is 1. The number of rotatable bonds is 6. The third-order valence-electron chi connectivity index (χ3n) is 1.38. The Kier molecular flexibility index (Phi) is 9.44. The smallest absolute Gasteiger partial charge is 0.000473 e. The van der Waals surface area contributed by atoms with Crippen molar-refractivity contribution in [2.24, 2.45) is 0 Å². The molecule has 0 saturated heterocycles. The molecule has 1 radical (unpaired) electrons. The van der Waals surface area contributed by atoms with Crippen molar-refractivity contribution >= 4 is 22.6 Å². The lowest BCUT2D eigenvalue weighted by Crippen LogP contribution is -1.78. The highest BCUT2D eigenvalue weighted by Crippen LogP contribution is 2.05. The van der Waals surface area contributed by atoms with Crippen LogP contribution in [0.25, 0.3) is 0 Å². The molecule has 0 unspecified atom stereocenters. The second-order valence-corrected chi connectivity index (χ2v) is 3.38. The van der Waals surface area contributed by atoms with E-state index in [1.165, 1.54) is 36.5 Å². The Bertz CT molecular complexity index is 37.8. The molecule has 1 heteroatoms. The largest absolute Gasteiger partial charge is 0.0864 e. The third-order valence-corrected chi connectivity index (χ3v) is 2.14. The van der Waals surface area contributed by atoms with E-state index < -0.39 is 0 Å². The summed E-state index contributed by atoms with van der Waals surface area (Å²) in [5.74, 6) is 0. The van der Waals surface area contributed by atoms with Gasteiger partial charge < -0.3 is 0 Å². The molecular formula is C8H16I. The molecule has 0 atom stereocenters. The fraction of sp³-hybridized carbons (Fsp3) is 0.875. The molecule has 0 rings (SSSR count). The minimum absolute atomic E-state index is 1.31. The fourth-order valence-corrected chi connectivity index (χ4v) is 1.34. The number of hydrogen-bond donors (Lipinski definition) is 0. The molecule has 0 nitrogen and oxygen atoms in total. The van der Waals surface area contributed by atoms with Crippen molar-refractivity contribution in [3.8, 4) is 0 Å². The highest BCUT2D eigenvalue weighted by Gasteiger charge is 1.86. The molecule has 0 fully saturated rings. The Morgan fingerprint density at radius 2 is 1.78 bits per heavy atom. The van der Waals surface area contributed by atoms with Gasteiger partial charge in [-0.25, -0.2) is 0 Å². The first-order valence-electron chi connectivity index (χ1n) is 3.75. The quantitative estimate of drug-likeness (QED) is 0.377. The predicted molar refractivity (Wildman–Crippen MR) is 51.9 cm³/mol. The second-order valence-electron chi connectivity index (χ2n) is 2.30. The van der Waals surface area contributed by atoms with Gasteiger partial charge in [0.25, 0.3) is 0 Å². The molecule has 0 aliphatic carbocycles. The number of alkyl halides is 1. The lowest BCUT2D eigenvalue weighted by Gasteiger charge is -1.95. The molecular weight excluding hydrogens is 223 g/mol. The fourth-order valence-electron chi connectivity index (χ4n) is 0.797. The highest BCUT2D eigenvalue weighted by atomic mass is 127. The molecule has 0 amide bonds. The SMILES string of the molecule is C[CH]CCCCCCI. The van der Waals surface area contributed by atoms with Crippen molar-refractivity contribution in [3.63, 3.8) is 0 Å². The predicted octanol–water partition coefficient (Wildman–Crippen LogP) is 3.60. The molecule has 0 aromatic rings. The van der Waals surface area contributed by atoms with Crippen LogP contribution in [0.2, 0.25) is 0 Å². The first-order valence-corrected chi connectivity index (χ1v) is 5.28. The standard InChI is InChI=1S/C8H16I/c1-2-3-4-5-6-7-8-9/h2H,3-8H2,1H3. The Labute approximate surface area is 72.6 Å². The summed E-state index contributed by atoms with van der Waals surface area (Å²) in [7, 11) is 0. The van der Waals surface area contributed by atoms with E-state index in [9.17, 15) is 0 Å². The van der Waals surface area contributed by atoms with Crippen LogP contribution in [0.4, 0.5) is 0 Å². The molecule has 9 heavy (non-hydrogen) atoms. The maximum absolute atomic E-state index is 2.44. The van der Waals surface area contributed by atoms with Crippen molar-refractivity contribution in [3.05, 3.63) is 6.42 Å². The van der Waals surface area contributed by atoms with Crippen LogP contribution in [0, 0.1) is 6.42 Å². The van der Waals surface area contributed by atoms with Crippen LogP contribution in [-0.4, -0.2) is 4.43 Å². The average molecular weight is 239 g/mol. The van der Waals surface area contributed by atoms with E-state index in [-0.39, 0.29) is 0 Å². The summed E-state index contributed by atoms with van der Waals surface area (Å²) in [4.78, 5) is 0. The summed E-state index contributed by atoms with van der Waals surface area (Å²) in [5, 5.41) is 0. The maximum Gasteiger partial charge on any atom is -0.000473 e. The minimum Gasteiger partial charge on any atom is -0.0864 e. The summed E-state index contributed by atoms with van der Waals surface area (Å²) in [6.07, 6.45) is 9.22. The summed E-state index contributed by atoms with van der Waals surface area (Å²) < 4.78 is 1.33. The van der Waals surface area contributed by atoms with Gasteiger partial charge in [-0.1, -0.05) is 55.2 Å². The second kappa shape index (κ2) is 8.73. The Hall–Kier alpha value is 0.730.